The molecule has 210 valence electrons. The van der Waals surface area contributed by atoms with Crippen molar-refractivity contribution in [1.82, 2.24) is 30.0 Å². The molecule has 4 aromatic rings. The number of hydrogen-bond donors (Lipinski definition) is 3. The fourth-order valence-electron chi connectivity index (χ4n) is 4.75. The average Bonchev–Trinajstić information content (AvgIpc) is 3.39. The summed E-state index contributed by atoms with van der Waals surface area (Å²) in [7, 11) is -3.56. The lowest BCUT2D eigenvalue weighted by Crippen LogP contribution is -2.48. The number of H-pyrrole nitrogens is 1. The Labute approximate surface area is 238 Å². The predicted octanol–water partition coefficient (Wildman–Crippen LogP) is 3.82. The molecule has 13 heteroatoms. The van der Waals surface area contributed by atoms with Gasteiger partial charge in [-0.3, -0.25) is 24.4 Å². The highest BCUT2D eigenvalue weighted by Crippen LogP contribution is 2.33. The smallest absolute Gasteiger partial charge is 0.274 e. The Bertz CT molecular complexity index is 1650. The number of anilines is 2. The average molecular weight is 583 g/mol. The van der Waals surface area contributed by atoms with Crippen molar-refractivity contribution in [3.05, 3.63) is 65.3 Å². The number of nitrogens with zero attached hydrogens (tertiary/aromatic N) is 5. The monoisotopic (exact) mass is 582 g/mol. The van der Waals surface area contributed by atoms with Gasteiger partial charge in [-0.1, -0.05) is 17.7 Å². The summed E-state index contributed by atoms with van der Waals surface area (Å²) >= 11 is 6.11. The maximum absolute atomic E-state index is 13.3. The fourth-order valence-corrected chi connectivity index (χ4v) is 5.51. The van der Waals surface area contributed by atoms with E-state index < -0.39 is 10.0 Å². The minimum atomic E-state index is -3.56. The van der Waals surface area contributed by atoms with E-state index in [4.69, 9.17) is 11.6 Å². The number of benzene rings is 1. The lowest BCUT2D eigenvalue weighted by Gasteiger charge is -2.36. The van der Waals surface area contributed by atoms with Gasteiger partial charge in [0.05, 0.1) is 35.0 Å². The lowest BCUT2D eigenvalue weighted by molar-refractivity contribution is 0.101. The van der Waals surface area contributed by atoms with E-state index in [0.717, 1.165) is 38.1 Å². The number of aromatic amines is 1. The largest absolute Gasteiger partial charge is 0.320 e. The molecule has 0 spiro atoms. The van der Waals surface area contributed by atoms with Crippen LogP contribution in [0.4, 0.5) is 11.4 Å². The van der Waals surface area contributed by atoms with Crippen LogP contribution < -0.4 is 10.0 Å². The Morgan fingerprint density at radius 1 is 1.07 bits per heavy atom. The number of amides is 1. The molecule has 0 atom stereocenters. The van der Waals surface area contributed by atoms with Crippen LogP contribution in [0.1, 0.15) is 30.0 Å². The first-order chi connectivity index (χ1) is 19.1. The van der Waals surface area contributed by atoms with Crippen molar-refractivity contribution >= 4 is 49.8 Å². The number of pyridine rings is 2. The zero-order chi connectivity index (χ0) is 28.4. The van der Waals surface area contributed by atoms with Crippen LogP contribution in [0.2, 0.25) is 5.15 Å². The summed E-state index contributed by atoms with van der Waals surface area (Å²) in [5.74, 6) is -0.347. The van der Waals surface area contributed by atoms with E-state index in [1.165, 1.54) is 6.20 Å². The van der Waals surface area contributed by atoms with Crippen molar-refractivity contribution in [2.24, 2.45) is 0 Å². The molecule has 1 aliphatic rings. The number of hydrogen-bond acceptors (Lipinski definition) is 8. The molecule has 5 rings (SSSR count). The maximum Gasteiger partial charge on any atom is 0.274 e. The molecular formula is C27H31ClN8O3S. The van der Waals surface area contributed by atoms with Gasteiger partial charge in [-0.05, 0) is 49.7 Å². The van der Waals surface area contributed by atoms with E-state index in [1.54, 1.807) is 24.4 Å². The maximum atomic E-state index is 13.3. The first-order valence-corrected chi connectivity index (χ1v) is 15.2. The van der Waals surface area contributed by atoms with E-state index in [2.05, 4.69) is 53.9 Å². The van der Waals surface area contributed by atoms with Gasteiger partial charge in [0.2, 0.25) is 10.0 Å². The molecule has 1 saturated heterocycles. The van der Waals surface area contributed by atoms with E-state index in [9.17, 15) is 13.2 Å². The van der Waals surface area contributed by atoms with Crippen LogP contribution in [0.25, 0.3) is 22.0 Å². The number of carbonyl (C=O) groups is 1. The summed E-state index contributed by atoms with van der Waals surface area (Å²) in [4.78, 5) is 26.9. The number of fused-ring (bicyclic) bond motifs is 1. The van der Waals surface area contributed by atoms with E-state index in [0.29, 0.717) is 46.0 Å². The number of aromatic nitrogens is 4. The quantitative estimate of drug-likeness (QED) is 0.267. The first-order valence-electron chi connectivity index (χ1n) is 12.9. The first kappa shape index (κ1) is 28.0. The van der Waals surface area contributed by atoms with Crippen molar-refractivity contribution < 1.29 is 13.2 Å². The Hall–Kier alpha value is -3.58. The van der Waals surface area contributed by atoms with Crippen molar-refractivity contribution in [2.75, 3.05) is 42.5 Å². The molecule has 0 saturated carbocycles. The third-order valence-electron chi connectivity index (χ3n) is 6.84. The highest BCUT2D eigenvalue weighted by Gasteiger charge is 2.20. The van der Waals surface area contributed by atoms with Gasteiger partial charge in [0.1, 0.15) is 5.69 Å². The van der Waals surface area contributed by atoms with Crippen LogP contribution in [0, 0.1) is 0 Å². The molecule has 0 radical (unpaired) electrons. The molecule has 4 heterocycles. The van der Waals surface area contributed by atoms with E-state index in [1.807, 2.05) is 18.2 Å². The number of piperazine rings is 1. The highest BCUT2D eigenvalue weighted by molar-refractivity contribution is 7.92. The summed E-state index contributed by atoms with van der Waals surface area (Å²) in [5.41, 5.74) is 3.79. The van der Waals surface area contributed by atoms with Gasteiger partial charge < -0.3 is 5.32 Å². The van der Waals surface area contributed by atoms with Crippen LogP contribution in [-0.2, 0) is 16.6 Å². The molecule has 1 aliphatic heterocycles. The minimum Gasteiger partial charge on any atom is -0.320 e. The van der Waals surface area contributed by atoms with Crippen LogP contribution >= 0.6 is 11.6 Å². The van der Waals surface area contributed by atoms with Crippen LogP contribution in [0.15, 0.2) is 48.8 Å². The van der Waals surface area contributed by atoms with Crippen LogP contribution in [0.5, 0.6) is 0 Å². The van der Waals surface area contributed by atoms with Gasteiger partial charge in [0, 0.05) is 55.9 Å². The molecule has 40 heavy (non-hydrogen) atoms. The van der Waals surface area contributed by atoms with Gasteiger partial charge in [-0.25, -0.2) is 18.4 Å². The minimum absolute atomic E-state index is 0.0260. The van der Waals surface area contributed by atoms with Crippen LogP contribution in [-0.4, -0.2) is 82.8 Å². The Morgan fingerprint density at radius 2 is 1.82 bits per heavy atom. The molecule has 1 amide bonds. The van der Waals surface area contributed by atoms with Gasteiger partial charge >= 0.3 is 0 Å². The molecule has 0 bridgehead atoms. The number of sulfonamides is 1. The van der Waals surface area contributed by atoms with Crippen molar-refractivity contribution in [2.45, 2.75) is 26.4 Å². The Balaban J connectivity index is 1.37. The molecule has 11 nitrogen and oxygen atoms in total. The van der Waals surface area contributed by atoms with E-state index >= 15 is 0 Å². The SMILES string of the molecule is CC(C)N1CCN(Cc2cccc(C(=O)Nc3cc(-c4cnc(Cl)c(NS(C)(=O)=O)c4)cc4[nH]ncc34)n2)CC1. The summed E-state index contributed by atoms with van der Waals surface area (Å²) in [6.07, 6.45) is 4.20. The molecular weight excluding hydrogens is 552 g/mol. The second kappa shape index (κ2) is 11.5. The zero-order valence-corrected chi connectivity index (χ0v) is 24.1. The number of carbonyl (C=O) groups excluding carboxylic acids is 1. The van der Waals surface area contributed by atoms with Crippen molar-refractivity contribution in [3.63, 3.8) is 0 Å². The molecule has 1 aromatic carbocycles. The normalized spacial score (nSPS) is 15.0. The molecule has 0 aliphatic carbocycles. The molecule has 3 N–H and O–H groups in total. The fraction of sp³-hybridized carbons (Fsp3) is 0.333. The second-order valence-corrected chi connectivity index (χ2v) is 12.3. The van der Waals surface area contributed by atoms with E-state index in [-0.39, 0.29) is 16.7 Å². The Morgan fingerprint density at radius 3 is 2.55 bits per heavy atom. The molecule has 1 fully saturated rings. The topological polar surface area (TPSA) is 136 Å². The predicted molar refractivity (Wildman–Crippen MR) is 157 cm³/mol. The van der Waals surface area contributed by atoms with Gasteiger partial charge in [0.15, 0.2) is 5.15 Å². The van der Waals surface area contributed by atoms with Gasteiger partial charge in [-0.2, -0.15) is 5.10 Å². The summed E-state index contributed by atoms with van der Waals surface area (Å²) in [6.45, 7) is 9.07. The van der Waals surface area contributed by atoms with Crippen LogP contribution in [0.3, 0.4) is 0 Å². The highest BCUT2D eigenvalue weighted by atomic mass is 35.5. The summed E-state index contributed by atoms with van der Waals surface area (Å²) in [6, 6.07) is 11.2. The lowest BCUT2D eigenvalue weighted by atomic mass is 10.0. The number of nitrogens with one attached hydrogen (secondary N) is 3. The summed E-state index contributed by atoms with van der Waals surface area (Å²) < 4.78 is 25.9. The van der Waals surface area contributed by atoms with Gasteiger partial charge in [-0.15, -0.1) is 0 Å². The van der Waals surface area contributed by atoms with Crippen molar-refractivity contribution in [1.29, 1.82) is 0 Å². The molecule has 0 unspecified atom stereocenters. The third-order valence-corrected chi connectivity index (χ3v) is 7.73. The second-order valence-electron chi connectivity index (χ2n) is 10.2. The third kappa shape index (κ3) is 6.58. The number of halogens is 1. The van der Waals surface area contributed by atoms with Gasteiger partial charge in [0.25, 0.3) is 5.91 Å². The standard InChI is InChI=1S/C27H31ClN8O3S/c1-17(2)36-9-7-35(8-10-36)16-20-5-4-6-22(31-20)27(37)32-23-11-18(12-24-21(23)15-30-33-24)19-13-25(26(28)29-14-19)34-40(3,38)39/h4-6,11-15,17,34H,7-10,16H2,1-3H3,(H,30,33)(H,32,37). The Kier molecular flexibility index (Phi) is 8.04. The zero-order valence-electron chi connectivity index (χ0n) is 22.5. The number of rotatable bonds is 8. The summed E-state index contributed by atoms with van der Waals surface area (Å²) in [5, 5.41) is 10.8. The van der Waals surface area contributed by atoms with Crippen molar-refractivity contribution in [3.8, 4) is 11.1 Å². The molecule has 3 aromatic heterocycles.